The summed E-state index contributed by atoms with van der Waals surface area (Å²) in [4.78, 5) is 10.9. The molecule has 78 valence electrons. The first-order chi connectivity index (χ1) is 6.10. The third-order valence-electron chi connectivity index (χ3n) is 1.68. The van der Waals surface area contributed by atoms with Crippen molar-refractivity contribution in [1.82, 2.24) is 0 Å². The van der Waals surface area contributed by atoms with Crippen molar-refractivity contribution in [3.05, 3.63) is 0 Å². The van der Waals surface area contributed by atoms with E-state index in [1.165, 1.54) is 7.11 Å². The maximum Gasteiger partial charge on any atom is 0.305 e. The number of ether oxygens (including phenoxy) is 2. The molecule has 0 aromatic rings. The Hall–Kier alpha value is -0.610. The number of methoxy groups -OCH3 is 1. The maximum atomic E-state index is 10.9. The SMILES string of the molecule is COC(=O)CC(CN)COC(C)C. The minimum Gasteiger partial charge on any atom is -0.469 e. The molecule has 1 atom stereocenters. The molecule has 0 spiro atoms. The van der Waals surface area contributed by atoms with Gasteiger partial charge in [-0.3, -0.25) is 4.79 Å². The molecule has 0 saturated carbocycles. The van der Waals surface area contributed by atoms with Crippen molar-refractivity contribution in [3.8, 4) is 0 Å². The van der Waals surface area contributed by atoms with E-state index in [0.29, 0.717) is 19.6 Å². The molecular formula is C9H19NO3. The highest BCUT2D eigenvalue weighted by Crippen LogP contribution is 2.04. The van der Waals surface area contributed by atoms with Gasteiger partial charge in [0.1, 0.15) is 0 Å². The molecule has 0 fully saturated rings. The van der Waals surface area contributed by atoms with Crippen molar-refractivity contribution in [3.63, 3.8) is 0 Å². The van der Waals surface area contributed by atoms with Gasteiger partial charge in [-0.05, 0) is 20.4 Å². The van der Waals surface area contributed by atoms with Crippen LogP contribution in [0.4, 0.5) is 0 Å². The van der Waals surface area contributed by atoms with Crippen LogP contribution in [0.2, 0.25) is 0 Å². The summed E-state index contributed by atoms with van der Waals surface area (Å²) in [6.45, 7) is 4.86. The lowest BCUT2D eigenvalue weighted by molar-refractivity contribution is -0.142. The quantitative estimate of drug-likeness (QED) is 0.620. The minimum atomic E-state index is -0.234. The van der Waals surface area contributed by atoms with Gasteiger partial charge in [-0.25, -0.2) is 0 Å². The van der Waals surface area contributed by atoms with Gasteiger partial charge in [0.2, 0.25) is 0 Å². The predicted molar refractivity (Wildman–Crippen MR) is 50.3 cm³/mol. The fourth-order valence-corrected chi connectivity index (χ4v) is 0.858. The standard InChI is InChI=1S/C9H19NO3/c1-7(2)13-6-8(5-10)4-9(11)12-3/h7-8H,4-6,10H2,1-3H3. The fourth-order valence-electron chi connectivity index (χ4n) is 0.858. The Bertz CT molecular complexity index is 148. The Morgan fingerprint density at radius 1 is 1.46 bits per heavy atom. The number of hydrogen-bond donors (Lipinski definition) is 1. The second-order valence-corrected chi connectivity index (χ2v) is 3.26. The summed E-state index contributed by atoms with van der Waals surface area (Å²) in [5.74, 6) is -0.169. The summed E-state index contributed by atoms with van der Waals surface area (Å²) in [6.07, 6.45) is 0.506. The molecule has 0 aliphatic carbocycles. The monoisotopic (exact) mass is 189 g/mol. The minimum absolute atomic E-state index is 0.0647. The van der Waals surface area contributed by atoms with Gasteiger partial charge in [0.25, 0.3) is 0 Å². The molecule has 0 bridgehead atoms. The molecular weight excluding hydrogens is 170 g/mol. The molecule has 0 aliphatic rings. The lowest BCUT2D eigenvalue weighted by Gasteiger charge is -2.15. The molecule has 4 heteroatoms. The van der Waals surface area contributed by atoms with E-state index in [1.807, 2.05) is 13.8 Å². The molecule has 4 nitrogen and oxygen atoms in total. The smallest absolute Gasteiger partial charge is 0.305 e. The van der Waals surface area contributed by atoms with E-state index in [2.05, 4.69) is 4.74 Å². The summed E-state index contributed by atoms with van der Waals surface area (Å²) < 4.78 is 9.89. The van der Waals surface area contributed by atoms with E-state index in [1.54, 1.807) is 0 Å². The molecule has 0 saturated heterocycles. The van der Waals surface area contributed by atoms with E-state index in [4.69, 9.17) is 10.5 Å². The molecule has 0 radical (unpaired) electrons. The predicted octanol–water partition coefficient (Wildman–Crippen LogP) is 0.549. The van der Waals surface area contributed by atoms with Gasteiger partial charge in [-0.2, -0.15) is 0 Å². The van der Waals surface area contributed by atoms with Gasteiger partial charge in [0.05, 0.1) is 26.2 Å². The normalized spacial score (nSPS) is 13.0. The largest absolute Gasteiger partial charge is 0.469 e. The molecule has 13 heavy (non-hydrogen) atoms. The third kappa shape index (κ3) is 6.54. The Balaban J connectivity index is 3.69. The number of hydrogen-bond acceptors (Lipinski definition) is 4. The van der Waals surface area contributed by atoms with Gasteiger partial charge >= 0.3 is 5.97 Å². The molecule has 0 aliphatic heterocycles. The number of rotatable bonds is 6. The zero-order valence-corrected chi connectivity index (χ0v) is 8.58. The highest BCUT2D eigenvalue weighted by Gasteiger charge is 2.13. The van der Waals surface area contributed by atoms with Gasteiger partial charge in [-0.15, -0.1) is 0 Å². The van der Waals surface area contributed by atoms with Gasteiger partial charge in [0.15, 0.2) is 0 Å². The molecule has 0 heterocycles. The summed E-state index contributed by atoms with van der Waals surface area (Å²) in [5, 5.41) is 0. The van der Waals surface area contributed by atoms with Gasteiger partial charge in [0, 0.05) is 5.92 Å². The van der Waals surface area contributed by atoms with Crippen LogP contribution in [0.25, 0.3) is 0 Å². The molecule has 2 N–H and O–H groups in total. The number of nitrogens with two attached hydrogens (primary N) is 1. The zero-order chi connectivity index (χ0) is 10.3. The van der Waals surface area contributed by atoms with Crippen molar-refractivity contribution in [1.29, 1.82) is 0 Å². The van der Waals surface area contributed by atoms with Crippen LogP contribution < -0.4 is 5.73 Å². The first-order valence-electron chi connectivity index (χ1n) is 4.48. The van der Waals surface area contributed by atoms with Gasteiger partial charge < -0.3 is 15.2 Å². The summed E-state index contributed by atoms with van der Waals surface area (Å²) in [5.41, 5.74) is 5.47. The lowest BCUT2D eigenvalue weighted by Crippen LogP contribution is -2.24. The van der Waals surface area contributed by atoms with Crippen molar-refractivity contribution in [2.24, 2.45) is 11.7 Å². The molecule has 0 rings (SSSR count). The van der Waals surface area contributed by atoms with E-state index >= 15 is 0 Å². The fraction of sp³-hybridized carbons (Fsp3) is 0.889. The van der Waals surface area contributed by atoms with Crippen molar-refractivity contribution in [2.45, 2.75) is 26.4 Å². The topological polar surface area (TPSA) is 61.5 Å². The van der Waals surface area contributed by atoms with Crippen molar-refractivity contribution >= 4 is 5.97 Å². The van der Waals surface area contributed by atoms with Crippen LogP contribution in [-0.4, -0.2) is 32.3 Å². The zero-order valence-electron chi connectivity index (χ0n) is 8.58. The maximum absolute atomic E-state index is 10.9. The number of carbonyl (C=O) groups is 1. The summed E-state index contributed by atoms with van der Waals surface area (Å²) >= 11 is 0. The van der Waals surface area contributed by atoms with Crippen LogP contribution in [0.1, 0.15) is 20.3 Å². The Labute approximate surface area is 79.4 Å². The average Bonchev–Trinajstić information content (AvgIpc) is 2.11. The van der Waals surface area contributed by atoms with E-state index < -0.39 is 0 Å². The third-order valence-corrected chi connectivity index (χ3v) is 1.68. The Morgan fingerprint density at radius 2 is 2.08 bits per heavy atom. The first kappa shape index (κ1) is 12.4. The van der Waals surface area contributed by atoms with Crippen LogP contribution in [-0.2, 0) is 14.3 Å². The average molecular weight is 189 g/mol. The second-order valence-electron chi connectivity index (χ2n) is 3.26. The van der Waals surface area contributed by atoms with E-state index in [-0.39, 0.29) is 18.0 Å². The van der Waals surface area contributed by atoms with E-state index in [9.17, 15) is 4.79 Å². The van der Waals surface area contributed by atoms with Crippen LogP contribution in [0.15, 0.2) is 0 Å². The summed E-state index contributed by atoms with van der Waals surface area (Å²) in [6, 6.07) is 0. The van der Waals surface area contributed by atoms with Crippen LogP contribution in [0, 0.1) is 5.92 Å². The molecule has 0 aromatic carbocycles. The molecule has 0 amide bonds. The number of esters is 1. The van der Waals surface area contributed by atoms with Crippen LogP contribution >= 0.6 is 0 Å². The van der Waals surface area contributed by atoms with Crippen molar-refractivity contribution in [2.75, 3.05) is 20.3 Å². The Kier molecular flexibility index (Phi) is 6.54. The van der Waals surface area contributed by atoms with Crippen LogP contribution in [0.3, 0.4) is 0 Å². The number of carbonyl (C=O) groups excluding carboxylic acids is 1. The lowest BCUT2D eigenvalue weighted by atomic mass is 10.1. The van der Waals surface area contributed by atoms with Gasteiger partial charge in [-0.1, -0.05) is 0 Å². The second kappa shape index (κ2) is 6.86. The van der Waals surface area contributed by atoms with E-state index in [0.717, 1.165) is 0 Å². The Morgan fingerprint density at radius 3 is 2.46 bits per heavy atom. The highest BCUT2D eigenvalue weighted by atomic mass is 16.5. The molecule has 1 unspecified atom stereocenters. The summed E-state index contributed by atoms with van der Waals surface area (Å²) in [7, 11) is 1.37. The first-order valence-corrected chi connectivity index (χ1v) is 4.48. The highest BCUT2D eigenvalue weighted by molar-refractivity contribution is 5.69. The van der Waals surface area contributed by atoms with Crippen molar-refractivity contribution < 1.29 is 14.3 Å². The van der Waals surface area contributed by atoms with Crippen LogP contribution in [0.5, 0.6) is 0 Å². The molecule has 0 aromatic heterocycles.